The first-order valence-electron chi connectivity index (χ1n) is 16.0. The van der Waals surface area contributed by atoms with Gasteiger partial charge < -0.3 is 10.0 Å². The van der Waals surface area contributed by atoms with Gasteiger partial charge in [0.25, 0.3) is 0 Å². The number of hydrogen-bond donors (Lipinski definition) is 2. The molecule has 2 aliphatic heterocycles. The number of hydrogen-bond acceptors (Lipinski definition) is 4. The molecule has 0 spiro atoms. The summed E-state index contributed by atoms with van der Waals surface area (Å²) in [5.74, 6) is 1.04. The van der Waals surface area contributed by atoms with Crippen LogP contribution in [0.3, 0.4) is 0 Å². The monoisotopic (exact) mass is 554 g/mol. The molecule has 3 atom stereocenters. The van der Waals surface area contributed by atoms with E-state index in [2.05, 4.69) is 80.7 Å². The van der Waals surface area contributed by atoms with Gasteiger partial charge in [0.05, 0.1) is 6.20 Å². The number of benzene rings is 2. The fraction of sp³-hybridized carbons (Fsp3) is 0.543. The van der Waals surface area contributed by atoms with Crippen LogP contribution in [-0.2, 0) is 17.6 Å². The molecule has 1 aliphatic carbocycles. The average molecular weight is 555 g/mol. The van der Waals surface area contributed by atoms with E-state index < -0.39 is 5.97 Å². The minimum Gasteiger partial charge on any atom is -0.480 e. The van der Waals surface area contributed by atoms with E-state index in [1.807, 2.05) is 6.20 Å². The third-order valence-electron chi connectivity index (χ3n) is 10.2. The van der Waals surface area contributed by atoms with Crippen molar-refractivity contribution in [3.8, 4) is 0 Å². The molecule has 0 radical (unpaired) electrons. The van der Waals surface area contributed by atoms with Crippen LogP contribution < -0.4 is 0 Å². The number of aryl methyl sites for hydroxylation is 2. The molecule has 0 amide bonds. The normalized spacial score (nSPS) is 24.0. The fourth-order valence-electron chi connectivity index (χ4n) is 8.03. The lowest BCUT2D eigenvalue weighted by Gasteiger charge is -2.35. The first kappa shape index (κ1) is 28.2. The van der Waals surface area contributed by atoms with Crippen LogP contribution in [0.4, 0.5) is 0 Å². The Morgan fingerprint density at radius 1 is 0.902 bits per heavy atom. The summed E-state index contributed by atoms with van der Waals surface area (Å²) in [6.45, 7) is 4.97. The van der Waals surface area contributed by atoms with Gasteiger partial charge in [-0.3, -0.25) is 14.8 Å². The summed E-state index contributed by atoms with van der Waals surface area (Å²) in [6.07, 6.45) is 12.1. The van der Waals surface area contributed by atoms with Crippen molar-refractivity contribution >= 4 is 5.97 Å². The maximum absolute atomic E-state index is 12.6. The lowest BCUT2D eigenvalue weighted by Crippen LogP contribution is -2.46. The molecule has 6 rings (SSSR count). The van der Waals surface area contributed by atoms with Crippen LogP contribution in [0.1, 0.15) is 79.2 Å². The second kappa shape index (κ2) is 13.3. The van der Waals surface area contributed by atoms with Gasteiger partial charge in [0.1, 0.15) is 6.04 Å². The predicted octanol–water partition coefficient (Wildman–Crippen LogP) is 6.12. The topological polar surface area (TPSA) is 72.5 Å². The van der Waals surface area contributed by atoms with Crippen molar-refractivity contribution in [2.24, 2.45) is 11.8 Å². The molecule has 3 fully saturated rings. The second-order valence-corrected chi connectivity index (χ2v) is 12.8. The zero-order chi connectivity index (χ0) is 28.0. The molecule has 3 aliphatic rings. The van der Waals surface area contributed by atoms with E-state index in [1.165, 1.54) is 41.6 Å². The van der Waals surface area contributed by atoms with E-state index in [-0.39, 0.29) is 12.0 Å². The molecule has 0 unspecified atom stereocenters. The van der Waals surface area contributed by atoms with Gasteiger partial charge in [0, 0.05) is 37.2 Å². The Labute approximate surface area is 245 Å². The van der Waals surface area contributed by atoms with Gasteiger partial charge in [-0.1, -0.05) is 79.9 Å². The molecule has 6 heteroatoms. The molecule has 0 bridgehead atoms. The summed E-state index contributed by atoms with van der Waals surface area (Å²) in [5, 5.41) is 18.1. The van der Waals surface area contributed by atoms with E-state index in [1.54, 1.807) is 0 Å². The maximum Gasteiger partial charge on any atom is 0.321 e. The molecule has 218 valence electrons. The van der Waals surface area contributed by atoms with Crippen molar-refractivity contribution in [3.63, 3.8) is 0 Å². The van der Waals surface area contributed by atoms with Gasteiger partial charge in [-0.15, -0.1) is 0 Å². The SMILES string of the molecule is O=C(O)[C@@H](C1CCCCC1)N1C[C@H](CN2CCC(c3[nH]ncc3CCc3ccccc3)CC2)[C@@H](c2ccccc2)C1. The minimum absolute atomic E-state index is 0.290. The Morgan fingerprint density at radius 3 is 2.32 bits per heavy atom. The van der Waals surface area contributed by atoms with Crippen molar-refractivity contribution in [1.82, 2.24) is 20.0 Å². The van der Waals surface area contributed by atoms with Crippen molar-refractivity contribution in [2.75, 3.05) is 32.7 Å². The molecule has 2 saturated heterocycles. The molecule has 1 aromatic heterocycles. The Balaban J connectivity index is 1.09. The Bertz CT molecular complexity index is 1230. The third kappa shape index (κ3) is 6.76. The van der Waals surface area contributed by atoms with Crippen molar-refractivity contribution in [2.45, 2.75) is 75.7 Å². The highest BCUT2D eigenvalue weighted by Crippen LogP contribution is 2.39. The summed E-state index contributed by atoms with van der Waals surface area (Å²) < 4.78 is 0. The predicted molar refractivity (Wildman–Crippen MR) is 163 cm³/mol. The van der Waals surface area contributed by atoms with E-state index in [0.717, 1.165) is 71.2 Å². The third-order valence-corrected chi connectivity index (χ3v) is 10.2. The number of carboxylic acids is 1. The number of nitrogens with zero attached hydrogens (tertiary/aromatic N) is 3. The van der Waals surface area contributed by atoms with Crippen molar-refractivity contribution in [1.29, 1.82) is 0 Å². The number of carbonyl (C=O) groups is 1. The van der Waals surface area contributed by atoms with Gasteiger partial charge in [-0.25, -0.2) is 0 Å². The van der Waals surface area contributed by atoms with Crippen LogP contribution >= 0.6 is 0 Å². The van der Waals surface area contributed by atoms with Crippen LogP contribution in [0, 0.1) is 11.8 Å². The van der Waals surface area contributed by atoms with Crippen LogP contribution in [0.5, 0.6) is 0 Å². The standard InChI is InChI=1S/C35H46N4O2/c40-35(41)34(29-14-8-3-9-15-29)39-24-31(32(25-39)27-12-6-2-7-13-27)23-38-20-18-28(19-21-38)33-30(22-36-37-33)17-16-26-10-4-1-5-11-26/h1-2,4-7,10-13,22,28-29,31-32,34H,3,8-9,14-21,23-25H2,(H,36,37)(H,40,41)/t31-,32+,34+/m0/s1. The second-order valence-electron chi connectivity index (χ2n) is 12.8. The van der Waals surface area contributed by atoms with Crippen molar-refractivity contribution < 1.29 is 9.90 Å². The van der Waals surface area contributed by atoms with Crippen LogP contribution in [0.25, 0.3) is 0 Å². The summed E-state index contributed by atoms with van der Waals surface area (Å²) in [4.78, 5) is 17.6. The molecular formula is C35H46N4O2. The number of nitrogens with one attached hydrogen (secondary N) is 1. The molecule has 1 saturated carbocycles. The van der Waals surface area contributed by atoms with Gasteiger partial charge in [-0.05, 0) is 80.1 Å². The minimum atomic E-state index is -0.618. The molecular weight excluding hydrogens is 508 g/mol. The Hall–Kier alpha value is -2.96. The van der Waals surface area contributed by atoms with E-state index in [9.17, 15) is 9.90 Å². The highest BCUT2D eigenvalue weighted by molar-refractivity contribution is 5.74. The summed E-state index contributed by atoms with van der Waals surface area (Å²) in [7, 11) is 0. The Kier molecular flexibility index (Phi) is 9.17. The van der Waals surface area contributed by atoms with Crippen LogP contribution in [0.15, 0.2) is 66.9 Å². The van der Waals surface area contributed by atoms with Crippen LogP contribution in [0.2, 0.25) is 0 Å². The number of aromatic amines is 1. The largest absolute Gasteiger partial charge is 0.480 e. The summed E-state index contributed by atoms with van der Waals surface area (Å²) in [5.41, 5.74) is 5.45. The number of piperidine rings is 1. The molecule has 2 aromatic carbocycles. The van der Waals surface area contributed by atoms with Crippen LogP contribution in [-0.4, -0.2) is 69.8 Å². The summed E-state index contributed by atoms with van der Waals surface area (Å²) in [6, 6.07) is 21.2. The lowest BCUT2D eigenvalue weighted by atomic mass is 9.83. The zero-order valence-corrected chi connectivity index (χ0v) is 24.3. The molecule has 41 heavy (non-hydrogen) atoms. The first-order valence-corrected chi connectivity index (χ1v) is 16.0. The number of likely N-dealkylation sites (tertiary alicyclic amines) is 2. The molecule has 2 N–H and O–H groups in total. The van der Waals surface area contributed by atoms with E-state index in [0.29, 0.717) is 17.8 Å². The number of aromatic nitrogens is 2. The smallest absolute Gasteiger partial charge is 0.321 e. The van der Waals surface area contributed by atoms with E-state index in [4.69, 9.17) is 0 Å². The summed E-state index contributed by atoms with van der Waals surface area (Å²) >= 11 is 0. The number of rotatable bonds is 10. The lowest BCUT2D eigenvalue weighted by molar-refractivity contribution is -0.145. The molecule has 3 heterocycles. The Morgan fingerprint density at radius 2 is 1.61 bits per heavy atom. The van der Waals surface area contributed by atoms with E-state index >= 15 is 0 Å². The highest BCUT2D eigenvalue weighted by atomic mass is 16.4. The van der Waals surface area contributed by atoms with Gasteiger partial charge in [0.2, 0.25) is 0 Å². The number of carboxylic acid groups (broad SMARTS) is 1. The van der Waals surface area contributed by atoms with Gasteiger partial charge >= 0.3 is 5.97 Å². The quantitative estimate of drug-likeness (QED) is 0.316. The first-order chi connectivity index (χ1) is 20.2. The van der Waals surface area contributed by atoms with Crippen molar-refractivity contribution in [3.05, 3.63) is 89.2 Å². The highest BCUT2D eigenvalue weighted by Gasteiger charge is 2.43. The molecule has 6 nitrogen and oxygen atoms in total. The number of H-pyrrole nitrogens is 1. The average Bonchev–Trinajstić information content (AvgIpc) is 3.65. The van der Waals surface area contributed by atoms with Gasteiger partial charge in [0.15, 0.2) is 0 Å². The number of aliphatic carboxylic acids is 1. The van der Waals surface area contributed by atoms with Gasteiger partial charge in [-0.2, -0.15) is 5.10 Å². The maximum atomic E-state index is 12.6. The molecule has 3 aromatic rings. The zero-order valence-electron chi connectivity index (χ0n) is 24.3. The fourth-order valence-corrected chi connectivity index (χ4v) is 8.03.